The van der Waals surface area contributed by atoms with Crippen LogP contribution in [0.25, 0.3) is 0 Å². The van der Waals surface area contributed by atoms with Crippen LogP contribution in [0.4, 0.5) is 5.69 Å². The van der Waals surface area contributed by atoms with Crippen LogP contribution >= 0.6 is 22.6 Å². The number of carbonyl (C=O) groups is 1. The van der Waals surface area contributed by atoms with Crippen molar-refractivity contribution < 1.29 is 9.53 Å². The average molecular weight is 422 g/mol. The van der Waals surface area contributed by atoms with Gasteiger partial charge in [-0.05, 0) is 58.5 Å². The standard InChI is InChI=1S/C18H19IN2O2/c19-16-3-1-2-15(12-16)18(22)20-17-6-4-14(5-7-17)13-21-8-10-23-11-9-21/h1-7,12H,8-11,13H2,(H,20,22). The number of amides is 1. The van der Waals surface area contributed by atoms with Crippen molar-refractivity contribution in [3.63, 3.8) is 0 Å². The summed E-state index contributed by atoms with van der Waals surface area (Å²) in [5.74, 6) is -0.0792. The predicted octanol–water partition coefficient (Wildman–Crippen LogP) is 3.38. The second kappa shape index (κ2) is 7.90. The fourth-order valence-electron chi connectivity index (χ4n) is 2.54. The molecule has 1 aliphatic heterocycles. The molecule has 1 fully saturated rings. The van der Waals surface area contributed by atoms with Crippen LogP contribution in [0, 0.1) is 3.57 Å². The zero-order valence-corrected chi connectivity index (χ0v) is 15.0. The van der Waals surface area contributed by atoms with Gasteiger partial charge in [-0.25, -0.2) is 0 Å². The van der Waals surface area contributed by atoms with Crippen molar-refractivity contribution in [2.45, 2.75) is 6.54 Å². The van der Waals surface area contributed by atoms with Crippen LogP contribution in [-0.2, 0) is 11.3 Å². The smallest absolute Gasteiger partial charge is 0.255 e. The SMILES string of the molecule is O=C(Nc1ccc(CN2CCOCC2)cc1)c1cccc(I)c1. The highest BCUT2D eigenvalue weighted by Crippen LogP contribution is 2.14. The highest BCUT2D eigenvalue weighted by Gasteiger charge is 2.11. The van der Waals surface area contributed by atoms with Crippen molar-refractivity contribution in [1.82, 2.24) is 4.90 Å². The summed E-state index contributed by atoms with van der Waals surface area (Å²) < 4.78 is 6.41. The molecule has 0 saturated carbocycles. The number of ether oxygens (including phenoxy) is 1. The third kappa shape index (κ3) is 4.76. The topological polar surface area (TPSA) is 41.6 Å². The lowest BCUT2D eigenvalue weighted by Gasteiger charge is -2.26. The number of morpholine rings is 1. The Hall–Kier alpha value is -1.44. The van der Waals surface area contributed by atoms with Crippen molar-refractivity contribution in [3.8, 4) is 0 Å². The van der Waals surface area contributed by atoms with Crippen LogP contribution < -0.4 is 5.32 Å². The van der Waals surface area contributed by atoms with E-state index in [-0.39, 0.29) is 5.91 Å². The van der Waals surface area contributed by atoms with Gasteiger partial charge in [0.1, 0.15) is 0 Å². The maximum atomic E-state index is 12.2. The molecule has 4 nitrogen and oxygen atoms in total. The molecule has 0 atom stereocenters. The molecule has 0 spiro atoms. The molecule has 1 saturated heterocycles. The zero-order chi connectivity index (χ0) is 16.1. The maximum absolute atomic E-state index is 12.2. The fourth-order valence-corrected chi connectivity index (χ4v) is 3.09. The molecule has 23 heavy (non-hydrogen) atoms. The summed E-state index contributed by atoms with van der Waals surface area (Å²) in [5, 5.41) is 2.94. The molecule has 0 unspecified atom stereocenters. The highest BCUT2D eigenvalue weighted by molar-refractivity contribution is 14.1. The Kier molecular flexibility index (Phi) is 5.64. The van der Waals surface area contributed by atoms with E-state index in [9.17, 15) is 4.79 Å². The average Bonchev–Trinajstić information content (AvgIpc) is 2.57. The van der Waals surface area contributed by atoms with E-state index in [0.717, 1.165) is 42.1 Å². The number of carbonyl (C=O) groups excluding carboxylic acids is 1. The van der Waals surface area contributed by atoms with Crippen LogP contribution in [0.3, 0.4) is 0 Å². The molecule has 120 valence electrons. The van der Waals surface area contributed by atoms with Gasteiger partial charge in [0.2, 0.25) is 0 Å². The molecular formula is C18H19IN2O2. The predicted molar refractivity (Wildman–Crippen MR) is 99.7 cm³/mol. The van der Waals surface area contributed by atoms with Crippen LogP contribution in [0.5, 0.6) is 0 Å². The minimum atomic E-state index is -0.0792. The Morgan fingerprint density at radius 1 is 1.13 bits per heavy atom. The van der Waals surface area contributed by atoms with Gasteiger partial charge < -0.3 is 10.1 Å². The molecule has 1 heterocycles. The lowest BCUT2D eigenvalue weighted by molar-refractivity contribution is 0.0342. The van der Waals surface area contributed by atoms with Crippen LogP contribution in [0.1, 0.15) is 15.9 Å². The van der Waals surface area contributed by atoms with Crippen molar-refractivity contribution >= 4 is 34.2 Å². The number of halogens is 1. The molecule has 0 aliphatic carbocycles. The summed E-state index contributed by atoms with van der Waals surface area (Å²) in [5.41, 5.74) is 2.74. The molecule has 2 aromatic rings. The Morgan fingerprint density at radius 2 is 1.87 bits per heavy atom. The third-order valence-corrected chi connectivity index (χ3v) is 4.48. The first-order valence-corrected chi connectivity index (χ1v) is 8.74. The van der Waals surface area contributed by atoms with Gasteiger partial charge in [0.25, 0.3) is 5.91 Å². The van der Waals surface area contributed by atoms with Crippen molar-refractivity contribution in [2.75, 3.05) is 31.6 Å². The van der Waals surface area contributed by atoms with Gasteiger partial charge in [0, 0.05) is 34.5 Å². The van der Waals surface area contributed by atoms with Gasteiger partial charge in [-0.2, -0.15) is 0 Å². The highest BCUT2D eigenvalue weighted by atomic mass is 127. The molecule has 2 aromatic carbocycles. The van der Waals surface area contributed by atoms with E-state index in [2.05, 4.69) is 44.9 Å². The van der Waals surface area contributed by atoms with E-state index < -0.39 is 0 Å². The molecule has 1 aliphatic rings. The van der Waals surface area contributed by atoms with E-state index >= 15 is 0 Å². The van der Waals surface area contributed by atoms with E-state index in [1.807, 2.05) is 36.4 Å². The summed E-state index contributed by atoms with van der Waals surface area (Å²) in [6, 6.07) is 15.6. The maximum Gasteiger partial charge on any atom is 0.255 e. The second-order valence-electron chi connectivity index (χ2n) is 5.55. The van der Waals surface area contributed by atoms with Crippen molar-refractivity contribution in [2.24, 2.45) is 0 Å². The van der Waals surface area contributed by atoms with Gasteiger partial charge in [-0.15, -0.1) is 0 Å². The number of nitrogens with zero attached hydrogens (tertiary/aromatic N) is 1. The first kappa shape index (κ1) is 16.4. The third-order valence-electron chi connectivity index (χ3n) is 3.81. The Balaban J connectivity index is 1.59. The molecular weight excluding hydrogens is 403 g/mol. The molecule has 3 rings (SSSR count). The summed E-state index contributed by atoms with van der Waals surface area (Å²) >= 11 is 2.21. The minimum absolute atomic E-state index is 0.0792. The first-order valence-electron chi connectivity index (χ1n) is 7.67. The van der Waals surface area contributed by atoms with Crippen molar-refractivity contribution in [1.29, 1.82) is 0 Å². The molecule has 0 aromatic heterocycles. The second-order valence-corrected chi connectivity index (χ2v) is 6.80. The number of anilines is 1. The summed E-state index contributed by atoms with van der Waals surface area (Å²) in [6.07, 6.45) is 0. The van der Waals surface area contributed by atoms with Gasteiger partial charge in [0.15, 0.2) is 0 Å². The van der Waals surface area contributed by atoms with E-state index in [4.69, 9.17) is 4.74 Å². The number of hydrogen-bond acceptors (Lipinski definition) is 3. The van der Waals surface area contributed by atoms with Crippen LogP contribution in [-0.4, -0.2) is 37.1 Å². The monoisotopic (exact) mass is 422 g/mol. The number of nitrogens with one attached hydrogen (secondary N) is 1. The largest absolute Gasteiger partial charge is 0.379 e. The summed E-state index contributed by atoms with van der Waals surface area (Å²) in [7, 11) is 0. The quantitative estimate of drug-likeness (QED) is 0.769. The van der Waals surface area contributed by atoms with Gasteiger partial charge in [-0.3, -0.25) is 9.69 Å². The molecule has 0 radical (unpaired) electrons. The van der Waals surface area contributed by atoms with E-state index in [1.165, 1.54) is 5.56 Å². The summed E-state index contributed by atoms with van der Waals surface area (Å²) in [6.45, 7) is 4.50. The van der Waals surface area contributed by atoms with E-state index in [1.54, 1.807) is 0 Å². The summed E-state index contributed by atoms with van der Waals surface area (Å²) in [4.78, 5) is 14.6. The first-order chi connectivity index (χ1) is 11.2. The van der Waals surface area contributed by atoms with Gasteiger partial charge in [-0.1, -0.05) is 18.2 Å². The normalized spacial score (nSPS) is 15.3. The number of hydrogen-bond donors (Lipinski definition) is 1. The lowest BCUT2D eigenvalue weighted by Crippen LogP contribution is -2.35. The minimum Gasteiger partial charge on any atom is -0.379 e. The Morgan fingerprint density at radius 3 is 2.57 bits per heavy atom. The zero-order valence-electron chi connectivity index (χ0n) is 12.8. The van der Waals surface area contributed by atoms with Gasteiger partial charge >= 0.3 is 0 Å². The lowest BCUT2D eigenvalue weighted by atomic mass is 10.1. The molecule has 1 amide bonds. The van der Waals surface area contributed by atoms with Crippen LogP contribution in [0.2, 0.25) is 0 Å². The number of rotatable bonds is 4. The van der Waals surface area contributed by atoms with Crippen LogP contribution in [0.15, 0.2) is 48.5 Å². The molecule has 5 heteroatoms. The number of benzene rings is 2. The molecule has 1 N–H and O–H groups in total. The fraction of sp³-hybridized carbons (Fsp3) is 0.278. The Bertz CT molecular complexity index is 667. The Labute approximate surface area is 150 Å². The van der Waals surface area contributed by atoms with Crippen molar-refractivity contribution in [3.05, 3.63) is 63.2 Å². The van der Waals surface area contributed by atoms with Gasteiger partial charge in [0.05, 0.1) is 13.2 Å². The molecule has 0 bridgehead atoms. The van der Waals surface area contributed by atoms with E-state index in [0.29, 0.717) is 5.56 Å².